The molecule has 0 aromatic heterocycles. The molecule has 0 unspecified atom stereocenters. The number of ether oxygens (including phenoxy) is 2. The molecule has 0 heterocycles. The Kier molecular flexibility index (Phi) is 11.0. The van der Waals surface area contributed by atoms with Gasteiger partial charge in [-0.05, 0) is 11.8 Å². The molecule has 0 aromatic rings. The van der Waals surface area contributed by atoms with Gasteiger partial charge >= 0.3 is 11.9 Å². The molecule has 0 spiro atoms. The maximum atomic E-state index is 11.4. The van der Waals surface area contributed by atoms with Crippen molar-refractivity contribution in [2.75, 3.05) is 13.2 Å². The summed E-state index contributed by atoms with van der Waals surface area (Å²) in [6.45, 7) is 8.37. The third kappa shape index (κ3) is 10.4. The van der Waals surface area contributed by atoms with Crippen LogP contribution in [0.25, 0.3) is 0 Å². The molecule has 0 bridgehead atoms. The van der Waals surface area contributed by atoms with Gasteiger partial charge in [0.15, 0.2) is 0 Å². The third-order valence-corrected chi connectivity index (χ3v) is 1.83. The van der Waals surface area contributed by atoms with Gasteiger partial charge < -0.3 is 15.2 Å². The quantitative estimate of drug-likeness (QED) is 0.716. The summed E-state index contributed by atoms with van der Waals surface area (Å²) in [6.07, 6.45) is -0.135. The first-order chi connectivity index (χ1) is 7.82. The van der Waals surface area contributed by atoms with Crippen LogP contribution in [-0.2, 0) is 19.1 Å². The van der Waals surface area contributed by atoms with E-state index in [2.05, 4.69) is 0 Å². The lowest BCUT2D eigenvalue weighted by Crippen LogP contribution is -2.35. The number of carbonyl (C=O) groups excluding carboxylic acids is 2. The predicted molar refractivity (Wildman–Crippen MR) is 71.4 cm³/mol. The van der Waals surface area contributed by atoms with E-state index in [-0.39, 0.29) is 30.7 Å². The third-order valence-electron chi connectivity index (χ3n) is 1.83. The molecule has 108 valence electrons. The lowest BCUT2D eigenvalue weighted by molar-refractivity contribution is -0.152. The highest BCUT2D eigenvalue weighted by Crippen LogP contribution is 2.00. The molecule has 1 atom stereocenters. The zero-order valence-corrected chi connectivity index (χ0v) is 12.3. The summed E-state index contributed by atoms with van der Waals surface area (Å²) in [5.74, 6) is -0.505. The zero-order chi connectivity index (χ0) is 13.4. The standard InChI is InChI=1S/C12H23NO4.ClH/c1-8(2)6-16-11(14)5-10(13)12(15)17-7-9(3)4;/h8-10H,5-7,13H2,1-4H3;1H/t10-;/m0./s1. The van der Waals surface area contributed by atoms with Gasteiger partial charge in [-0.25, -0.2) is 0 Å². The number of hydrogen-bond acceptors (Lipinski definition) is 5. The van der Waals surface area contributed by atoms with E-state index in [1.54, 1.807) is 0 Å². The van der Waals surface area contributed by atoms with Crippen molar-refractivity contribution in [3.8, 4) is 0 Å². The van der Waals surface area contributed by atoms with Gasteiger partial charge in [-0.15, -0.1) is 12.4 Å². The number of nitrogens with two attached hydrogens (primary N) is 1. The van der Waals surface area contributed by atoms with Crippen molar-refractivity contribution in [1.82, 2.24) is 0 Å². The first kappa shape index (κ1) is 19.5. The van der Waals surface area contributed by atoms with Gasteiger partial charge in [-0.1, -0.05) is 27.7 Å². The molecular weight excluding hydrogens is 258 g/mol. The van der Waals surface area contributed by atoms with Crippen LogP contribution in [0.1, 0.15) is 34.1 Å². The van der Waals surface area contributed by atoms with E-state index in [1.807, 2.05) is 27.7 Å². The first-order valence-electron chi connectivity index (χ1n) is 5.90. The minimum atomic E-state index is -0.937. The molecule has 5 nitrogen and oxygen atoms in total. The Bertz CT molecular complexity index is 256. The van der Waals surface area contributed by atoms with Crippen molar-refractivity contribution in [2.24, 2.45) is 17.6 Å². The summed E-state index contributed by atoms with van der Waals surface area (Å²) in [4.78, 5) is 22.7. The summed E-state index contributed by atoms with van der Waals surface area (Å²) in [6, 6.07) is -0.937. The number of carbonyl (C=O) groups is 2. The predicted octanol–water partition coefficient (Wildman–Crippen LogP) is 1.52. The van der Waals surface area contributed by atoms with E-state index in [9.17, 15) is 9.59 Å². The molecule has 0 radical (unpaired) electrons. The summed E-state index contributed by atoms with van der Waals surface area (Å²) in [5.41, 5.74) is 5.54. The minimum Gasteiger partial charge on any atom is -0.465 e. The van der Waals surface area contributed by atoms with E-state index < -0.39 is 18.0 Å². The lowest BCUT2D eigenvalue weighted by Gasteiger charge is -2.13. The molecule has 0 amide bonds. The van der Waals surface area contributed by atoms with Gasteiger partial charge in [0.2, 0.25) is 0 Å². The fourth-order valence-electron chi connectivity index (χ4n) is 0.937. The monoisotopic (exact) mass is 281 g/mol. The highest BCUT2D eigenvalue weighted by atomic mass is 35.5. The van der Waals surface area contributed by atoms with E-state index in [0.29, 0.717) is 13.2 Å². The van der Waals surface area contributed by atoms with Crippen molar-refractivity contribution in [3.63, 3.8) is 0 Å². The van der Waals surface area contributed by atoms with Crippen LogP contribution in [0.5, 0.6) is 0 Å². The van der Waals surface area contributed by atoms with Gasteiger partial charge in [-0.2, -0.15) is 0 Å². The molecule has 0 aliphatic heterocycles. The maximum absolute atomic E-state index is 11.4. The Morgan fingerprint density at radius 3 is 1.89 bits per heavy atom. The SMILES string of the molecule is CC(C)COC(=O)C[C@H](N)C(=O)OCC(C)C.Cl. The second-order valence-corrected chi connectivity index (χ2v) is 4.91. The zero-order valence-electron chi connectivity index (χ0n) is 11.5. The molecule has 6 heteroatoms. The van der Waals surface area contributed by atoms with Gasteiger partial charge in [0.05, 0.1) is 19.6 Å². The summed E-state index contributed by atoms with van der Waals surface area (Å²) < 4.78 is 9.84. The fraction of sp³-hybridized carbons (Fsp3) is 0.833. The molecule has 2 N–H and O–H groups in total. The molecule has 0 fully saturated rings. The maximum Gasteiger partial charge on any atom is 0.323 e. The van der Waals surface area contributed by atoms with Crippen LogP contribution >= 0.6 is 12.4 Å². The fourth-order valence-corrected chi connectivity index (χ4v) is 0.937. The Morgan fingerprint density at radius 2 is 1.44 bits per heavy atom. The van der Waals surface area contributed by atoms with Crippen LogP contribution in [0, 0.1) is 11.8 Å². The van der Waals surface area contributed by atoms with Crippen LogP contribution in [0.3, 0.4) is 0 Å². The van der Waals surface area contributed by atoms with Gasteiger partial charge in [0.1, 0.15) is 6.04 Å². The first-order valence-corrected chi connectivity index (χ1v) is 5.90. The van der Waals surface area contributed by atoms with Crippen LogP contribution in [0.4, 0.5) is 0 Å². The highest BCUT2D eigenvalue weighted by molar-refractivity contribution is 5.85. The molecule has 0 aliphatic rings. The lowest BCUT2D eigenvalue weighted by atomic mass is 10.2. The smallest absolute Gasteiger partial charge is 0.323 e. The van der Waals surface area contributed by atoms with E-state index in [1.165, 1.54) is 0 Å². The number of rotatable bonds is 7. The van der Waals surface area contributed by atoms with Crippen molar-refractivity contribution in [2.45, 2.75) is 40.2 Å². The number of hydrogen-bond donors (Lipinski definition) is 1. The van der Waals surface area contributed by atoms with Crippen molar-refractivity contribution >= 4 is 24.3 Å². The van der Waals surface area contributed by atoms with E-state index in [0.717, 1.165) is 0 Å². The molecule has 0 aromatic carbocycles. The van der Waals surface area contributed by atoms with Crippen LogP contribution in [0.15, 0.2) is 0 Å². The molecule has 0 saturated carbocycles. The van der Waals surface area contributed by atoms with Crippen LogP contribution in [0.2, 0.25) is 0 Å². The summed E-state index contributed by atoms with van der Waals surface area (Å²) in [5, 5.41) is 0. The van der Waals surface area contributed by atoms with Crippen molar-refractivity contribution in [3.05, 3.63) is 0 Å². The topological polar surface area (TPSA) is 78.6 Å². The van der Waals surface area contributed by atoms with Crippen LogP contribution < -0.4 is 5.73 Å². The Hall–Kier alpha value is -0.810. The largest absolute Gasteiger partial charge is 0.465 e. The van der Waals surface area contributed by atoms with Crippen LogP contribution in [-0.4, -0.2) is 31.2 Å². The Balaban J connectivity index is 0. The second-order valence-electron chi connectivity index (χ2n) is 4.91. The highest BCUT2D eigenvalue weighted by Gasteiger charge is 2.20. The normalized spacial score (nSPS) is 11.9. The van der Waals surface area contributed by atoms with Gasteiger partial charge in [-0.3, -0.25) is 9.59 Å². The number of halogens is 1. The molecule has 0 rings (SSSR count). The number of esters is 2. The van der Waals surface area contributed by atoms with Gasteiger partial charge in [0, 0.05) is 0 Å². The molecular formula is C12H24ClNO4. The average molecular weight is 282 g/mol. The molecule has 0 aliphatic carbocycles. The van der Waals surface area contributed by atoms with E-state index in [4.69, 9.17) is 15.2 Å². The summed E-state index contributed by atoms with van der Waals surface area (Å²) in [7, 11) is 0. The van der Waals surface area contributed by atoms with Crippen molar-refractivity contribution in [1.29, 1.82) is 0 Å². The molecule has 0 saturated heterocycles. The molecule has 18 heavy (non-hydrogen) atoms. The van der Waals surface area contributed by atoms with Gasteiger partial charge in [0.25, 0.3) is 0 Å². The second kappa shape index (κ2) is 10.1. The minimum absolute atomic E-state index is 0. The van der Waals surface area contributed by atoms with Crippen molar-refractivity contribution < 1.29 is 19.1 Å². The Morgan fingerprint density at radius 1 is 1.00 bits per heavy atom. The van der Waals surface area contributed by atoms with E-state index >= 15 is 0 Å². The summed E-state index contributed by atoms with van der Waals surface area (Å²) >= 11 is 0. The Labute approximate surface area is 115 Å². The average Bonchev–Trinajstić information content (AvgIpc) is 2.22.